The Morgan fingerprint density at radius 1 is 1.07 bits per heavy atom. The van der Waals surface area contributed by atoms with Gasteiger partial charge in [-0.25, -0.2) is 4.98 Å². The topological polar surface area (TPSA) is 137 Å². The van der Waals surface area contributed by atoms with Gasteiger partial charge in [0.15, 0.2) is 0 Å². The molecule has 1 heterocycles. The monoisotopic (exact) mass is 400 g/mol. The van der Waals surface area contributed by atoms with E-state index in [1.807, 2.05) is 0 Å². The lowest BCUT2D eigenvalue weighted by molar-refractivity contribution is -0.387. The van der Waals surface area contributed by atoms with E-state index in [4.69, 9.17) is 15.2 Å². The van der Waals surface area contributed by atoms with Crippen LogP contribution in [0.2, 0.25) is 0 Å². The molecule has 0 aliphatic heterocycles. The number of halogens is 1. The van der Waals surface area contributed by atoms with E-state index in [9.17, 15) is 14.5 Å². The standard InChI is InChI=1S/C18H17FN6O4/c1-28-15-4-3-10(20)7-12(15)22-17-5-6-21-18(24-17)23-13-9-14(25(26)27)11(19)8-16(13)29-2/h3-9H,20H2,1-2H3,(H2,21,22,23,24). The van der Waals surface area contributed by atoms with E-state index < -0.39 is 16.4 Å². The first-order valence-corrected chi connectivity index (χ1v) is 8.23. The highest BCUT2D eigenvalue weighted by molar-refractivity contribution is 5.70. The number of hydrogen-bond acceptors (Lipinski definition) is 9. The second kappa shape index (κ2) is 8.25. The maximum absolute atomic E-state index is 13.8. The molecule has 150 valence electrons. The highest BCUT2D eigenvalue weighted by atomic mass is 19.1. The number of nitro benzene ring substituents is 1. The van der Waals surface area contributed by atoms with E-state index >= 15 is 0 Å². The van der Waals surface area contributed by atoms with Crippen LogP contribution in [0, 0.1) is 15.9 Å². The van der Waals surface area contributed by atoms with Crippen LogP contribution >= 0.6 is 0 Å². The SMILES string of the molecule is COc1ccc(N)cc1Nc1ccnc(Nc2cc([N+](=O)[O-])c(F)cc2OC)n1. The maximum atomic E-state index is 13.8. The van der Waals surface area contributed by atoms with Gasteiger partial charge in [-0.2, -0.15) is 9.37 Å². The third kappa shape index (κ3) is 4.40. The molecule has 0 unspecified atom stereocenters. The Balaban J connectivity index is 1.90. The number of hydrogen-bond donors (Lipinski definition) is 3. The molecule has 10 nitrogen and oxygen atoms in total. The Morgan fingerprint density at radius 2 is 1.79 bits per heavy atom. The molecular formula is C18H17FN6O4. The highest BCUT2D eigenvalue weighted by Gasteiger charge is 2.19. The molecule has 0 aliphatic carbocycles. The molecule has 3 aromatic rings. The molecule has 0 atom stereocenters. The number of ether oxygens (including phenoxy) is 2. The Hall–Kier alpha value is -4.15. The molecule has 0 bridgehead atoms. The van der Waals surface area contributed by atoms with Crippen LogP contribution in [-0.4, -0.2) is 29.1 Å². The van der Waals surface area contributed by atoms with Crippen LogP contribution in [0.5, 0.6) is 11.5 Å². The molecular weight excluding hydrogens is 383 g/mol. The van der Waals surface area contributed by atoms with Crippen molar-refractivity contribution in [2.45, 2.75) is 0 Å². The van der Waals surface area contributed by atoms with Crippen molar-refractivity contribution in [3.63, 3.8) is 0 Å². The minimum atomic E-state index is -1.01. The first kappa shape index (κ1) is 19.6. The molecule has 0 fully saturated rings. The van der Waals surface area contributed by atoms with Gasteiger partial charge < -0.3 is 25.8 Å². The number of aromatic nitrogens is 2. The smallest absolute Gasteiger partial charge is 0.307 e. The lowest BCUT2D eigenvalue weighted by Gasteiger charge is -2.13. The first-order chi connectivity index (χ1) is 13.9. The second-order valence-corrected chi connectivity index (χ2v) is 5.74. The van der Waals surface area contributed by atoms with Crippen molar-refractivity contribution in [1.82, 2.24) is 9.97 Å². The molecule has 2 aromatic carbocycles. The van der Waals surface area contributed by atoms with Crippen LogP contribution in [0.1, 0.15) is 0 Å². The average molecular weight is 400 g/mol. The molecule has 0 amide bonds. The van der Waals surface area contributed by atoms with Crippen molar-refractivity contribution < 1.29 is 18.8 Å². The zero-order valence-corrected chi connectivity index (χ0v) is 15.5. The van der Waals surface area contributed by atoms with Gasteiger partial charge in [0.25, 0.3) is 0 Å². The molecule has 1 aromatic heterocycles. The van der Waals surface area contributed by atoms with Crippen molar-refractivity contribution >= 4 is 34.5 Å². The Kier molecular flexibility index (Phi) is 5.58. The summed E-state index contributed by atoms with van der Waals surface area (Å²) in [5, 5.41) is 16.9. The lowest BCUT2D eigenvalue weighted by atomic mass is 10.2. The molecule has 29 heavy (non-hydrogen) atoms. The van der Waals surface area contributed by atoms with Gasteiger partial charge in [-0.15, -0.1) is 0 Å². The normalized spacial score (nSPS) is 10.3. The number of rotatable bonds is 7. The van der Waals surface area contributed by atoms with Gasteiger partial charge >= 0.3 is 5.69 Å². The van der Waals surface area contributed by atoms with Crippen molar-refractivity contribution in [1.29, 1.82) is 0 Å². The minimum Gasteiger partial charge on any atom is -0.495 e. The van der Waals surface area contributed by atoms with Gasteiger partial charge in [0, 0.05) is 24.0 Å². The van der Waals surface area contributed by atoms with E-state index in [0.29, 0.717) is 22.9 Å². The summed E-state index contributed by atoms with van der Waals surface area (Å²) in [6, 6.07) is 8.63. The Morgan fingerprint density at radius 3 is 2.48 bits per heavy atom. The second-order valence-electron chi connectivity index (χ2n) is 5.74. The van der Waals surface area contributed by atoms with Crippen LogP contribution < -0.4 is 25.8 Å². The number of anilines is 5. The van der Waals surface area contributed by atoms with Crippen molar-refractivity contribution in [3.05, 3.63) is 58.5 Å². The van der Waals surface area contributed by atoms with Crippen LogP contribution in [0.4, 0.5) is 38.9 Å². The summed E-state index contributed by atoms with van der Waals surface area (Å²) in [6.07, 6.45) is 1.47. The molecule has 11 heteroatoms. The number of nitro groups is 1. The zero-order chi connectivity index (χ0) is 21.0. The van der Waals surface area contributed by atoms with Gasteiger partial charge in [-0.1, -0.05) is 0 Å². The molecule has 0 radical (unpaired) electrons. The van der Waals surface area contributed by atoms with Crippen LogP contribution in [0.15, 0.2) is 42.6 Å². The number of nitrogens with one attached hydrogen (secondary N) is 2. The maximum Gasteiger partial charge on any atom is 0.307 e. The zero-order valence-electron chi connectivity index (χ0n) is 15.5. The van der Waals surface area contributed by atoms with Gasteiger partial charge in [0.05, 0.1) is 30.5 Å². The first-order valence-electron chi connectivity index (χ1n) is 8.23. The van der Waals surface area contributed by atoms with E-state index in [0.717, 1.165) is 12.1 Å². The summed E-state index contributed by atoms with van der Waals surface area (Å²) in [4.78, 5) is 18.5. The summed E-state index contributed by atoms with van der Waals surface area (Å²) in [5.41, 5.74) is 6.37. The third-order valence-corrected chi connectivity index (χ3v) is 3.85. The molecule has 0 saturated carbocycles. The van der Waals surface area contributed by atoms with Crippen LogP contribution in [0.25, 0.3) is 0 Å². The number of nitrogen functional groups attached to an aromatic ring is 1. The summed E-state index contributed by atoms with van der Waals surface area (Å²) < 4.78 is 24.2. The summed E-state index contributed by atoms with van der Waals surface area (Å²) in [7, 11) is 2.84. The average Bonchev–Trinajstić information content (AvgIpc) is 2.69. The summed E-state index contributed by atoms with van der Waals surface area (Å²) >= 11 is 0. The molecule has 4 N–H and O–H groups in total. The largest absolute Gasteiger partial charge is 0.495 e. The predicted molar refractivity (Wildman–Crippen MR) is 106 cm³/mol. The van der Waals surface area contributed by atoms with E-state index in [-0.39, 0.29) is 17.4 Å². The Bertz CT molecular complexity index is 1060. The van der Waals surface area contributed by atoms with Crippen molar-refractivity contribution in [3.8, 4) is 11.5 Å². The van der Waals surface area contributed by atoms with E-state index in [2.05, 4.69) is 20.6 Å². The van der Waals surface area contributed by atoms with Crippen molar-refractivity contribution in [2.24, 2.45) is 0 Å². The summed E-state index contributed by atoms with van der Waals surface area (Å²) in [5.74, 6) is 0.122. The van der Waals surface area contributed by atoms with E-state index in [1.165, 1.54) is 20.4 Å². The fourth-order valence-electron chi connectivity index (χ4n) is 2.52. The minimum absolute atomic E-state index is 0.0626. The number of benzene rings is 2. The molecule has 0 spiro atoms. The van der Waals surface area contributed by atoms with Crippen LogP contribution in [-0.2, 0) is 0 Å². The highest BCUT2D eigenvalue weighted by Crippen LogP contribution is 2.34. The molecule has 0 aliphatic rings. The molecule has 3 rings (SSSR count). The van der Waals surface area contributed by atoms with Gasteiger partial charge in [0.2, 0.25) is 11.8 Å². The van der Waals surface area contributed by atoms with Gasteiger partial charge in [-0.3, -0.25) is 10.1 Å². The Labute approximate surface area is 164 Å². The number of nitrogens with two attached hydrogens (primary N) is 1. The number of nitrogens with zero attached hydrogens (tertiary/aromatic N) is 3. The van der Waals surface area contributed by atoms with Crippen LogP contribution in [0.3, 0.4) is 0 Å². The third-order valence-electron chi connectivity index (χ3n) is 3.85. The summed E-state index contributed by atoms with van der Waals surface area (Å²) in [6.45, 7) is 0. The fourth-order valence-corrected chi connectivity index (χ4v) is 2.52. The van der Waals surface area contributed by atoms with Crippen molar-refractivity contribution in [2.75, 3.05) is 30.6 Å². The van der Waals surface area contributed by atoms with Gasteiger partial charge in [-0.05, 0) is 24.3 Å². The van der Waals surface area contributed by atoms with E-state index in [1.54, 1.807) is 24.3 Å². The fraction of sp³-hybridized carbons (Fsp3) is 0.111. The number of methoxy groups -OCH3 is 2. The quantitative estimate of drug-likeness (QED) is 0.308. The van der Waals surface area contributed by atoms with Gasteiger partial charge in [0.1, 0.15) is 17.3 Å². The lowest BCUT2D eigenvalue weighted by Crippen LogP contribution is -2.04. The molecule has 0 saturated heterocycles. The predicted octanol–water partition coefficient (Wildman–Crippen LogP) is 3.61.